The van der Waals surface area contributed by atoms with E-state index in [1.807, 2.05) is 26.0 Å². The van der Waals surface area contributed by atoms with Crippen LogP contribution in [-0.2, 0) is 0 Å². The lowest BCUT2D eigenvalue weighted by atomic mass is 9.89. The van der Waals surface area contributed by atoms with Crippen molar-refractivity contribution in [1.29, 1.82) is 5.26 Å². The van der Waals surface area contributed by atoms with Crippen molar-refractivity contribution in [3.05, 3.63) is 23.9 Å². The molecular weight excluding hydrogens is 222 g/mol. The fourth-order valence-electron chi connectivity index (χ4n) is 2.11. The maximum absolute atomic E-state index is 8.71. The second-order valence-corrected chi connectivity index (χ2v) is 4.71. The van der Waals surface area contributed by atoms with Gasteiger partial charge in [0.1, 0.15) is 11.9 Å². The minimum absolute atomic E-state index is 0.627. The van der Waals surface area contributed by atoms with E-state index < -0.39 is 0 Å². The van der Waals surface area contributed by atoms with Crippen LogP contribution >= 0.6 is 0 Å². The second-order valence-electron chi connectivity index (χ2n) is 4.71. The summed E-state index contributed by atoms with van der Waals surface area (Å²) in [5.74, 6) is 2.51. The van der Waals surface area contributed by atoms with Gasteiger partial charge >= 0.3 is 0 Å². The molecule has 1 aromatic rings. The van der Waals surface area contributed by atoms with Gasteiger partial charge in [-0.05, 0) is 30.4 Å². The molecule has 0 bridgehead atoms. The van der Waals surface area contributed by atoms with Crippen LogP contribution in [0.5, 0.6) is 0 Å². The lowest BCUT2D eigenvalue weighted by Crippen LogP contribution is -2.38. The standard InChI is InChI=1S/C13H17N3.C2H6/c1-10-5-6-16(9-11(10)2)13-4-3-12(7-14)8-15-13;1-2/h3-4,8,10-11H,5-6,9H2,1-2H3;1-2H3/t10-,11+;/m1./s1. The van der Waals surface area contributed by atoms with E-state index in [1.54, 1.807) is 6.20 Å². The van der Waals surface area contributed by atoms with Crippen molar-refractivity contribution in [2.75, 3.05) is 18.0 Å². The molecule has 0 N–H and O–H groups in total. The van der Waals surface area contributed by atoms with Crippen molar-refractivity contribution in [1.82, 2.24) is 4.98 Å². The Labute approximate surface area is 110 Å². The van der Waals surface area contributed by atoms with Crippen LogP contribution in [0, 0.1) is 23.2 Å². The Hall–Kier alpha value is -1.56. The van der Waals surface area contributed by atoms with Crippen LogP contribution in [0.25, 0.3) is 0 Å². The molecule has 1 saturated heterocycles. The molecule has 0 aromatic carbocycles. The third-order valence-corrected chi connectivity index (χ3v) is 3.54. The minimum atomic E-state index is 0.627. The number of rotatable bonds is 1. The SMILES string of the molecule is CC.C[C@@H]1CCN(c2ccc(C#N)cn2)C[C@@H]1C. The van der Waals surface area contributed by atoms with Gasteiger partial charge in [-0.2, -0.15) is 5.26 Å². The lowest BCUT2D eigenvalue weighted by Gasteiger charge is -2.36. The number of nitrogens with zero attached hydrogens (tertiary/aromatic N) is 3. The number of anilines is 1. The molecule has 3 nitrogen and oxygen atoms in total. The first-order valence-electron chi connectivity index (χ1n) is 6.82. The molecule has 18 heavy (non-hydrogen) atoms. The van der Waals surface area contributed by atoms with Gasteiger partial charge in [-0.1, -0.05) is 27.7 Å². The third kappa shape index (κ3) is 3.46. The topological polar surface area (TPSA) is 39.9 Å². The molecule has 0 unspecified atom stereocenters. The van der Waals surface area contributed by atoms with Gasteiger partial charge in [-0.3, -0.25) is 0 Å². The molecule has 1 aliphatic rings. The van der Waals surface area contributed by atoms with Crippen LogP contribution in [0.1, 0.15) is 39.7 Å². The van der Waals surface area contributed by atoms with E-state index in [0.29, 0.717) is 11.5 Å². The lowest BCUT2D eigenvalue weighted by molar-refractivity contribution is 0.323. The number of pyridine rings is 1. The summed E-state index contributed by atoms with van der Waals surface area (Å²) in [5, 5.41) is 8.71. The fraction of sp³-hybridized carbons (Fsp3) is 0.600. The predicted octanol–water partition coefficient (Wildman–Crippen LogP) is 3.46. The Kier molecular flexibility index (Phi) is 5.64. The smallest absolute Gasteiger partial charge is 0.128 e. The summed E-state index contributed by atoms with van der Waals surface area (Å²) in [4.78, 5) is 6.65. The van der Waals surface area contributed by atoms with Gasteiger partial charge in [0.25, 0.3) is 0 Å². The summed E-state index contributed by atoms with van der Waals surface area (Å²) in [6, 6.07) is 5.88. The van der Waals surface area contributed by atoms with Crippen LogP contribution in [0.3, 0.4) is 0 Å². The average Bonchev–Trinajstić information content (AvgIpc) is 2.44. The number of piperidine rings is 1. The Morgan fingerprint density at radius 1 is 1.28 bits per heavy atom. The van der Waals surface area contributed by atoms with Gasteiger partial charge in [0, 0.05) is 19.3 Å². The number of hydrogen-bond acceptors (Lipinski definition) is 3. The van der Waals surface area contributed by atoms with Gasteiger partial charge in [0.15, 0.2) is 0 Å². The van der Waals surface area contributed by atoms with Gasteiger partial charge in [-0.15, -0.1) is 0 Å². The molecule has 1 fully saturated rings. The molecule has 3 heteroatoms. The molecule has 0 aliphatic carbocycles. The molecule has 0 spiro atoms. The van der Waals surface area contributed by atoms with E-state index >= 15 is 0 Å². The van der Waals surface area contributed by atoms with Gasteiger partial charge < -0.3 is 4.90 Å². The number of aromatic nitrogens is 1. The first kappa shape index (κ1) is 14.5. The highest BCUT2D eigenvalue weighted by atomic mass is 15.2. The zero-order valence-electron chi connectivity index (χ0n) is 11.8. The van der Waals surface area contributed by atoms with Crippen molar-refractivity contribution in [3.8, 4) is 6.07 Å². The molecule has 2 heterocycles. The summed E-state index contributed by atoms with van der Waals surface area (Å²) in [6.07, 6.45) is 2.88. The molecule has 1 aliphatic heterocycles. The molecule has 0 amide bonds. The summed E-state index contributed by atoms with van der Waals surface area (Å²) in [6.45, 7) is 10.7. The first-order valence-corrected chi connectivity index (χ1v) is 6.82. The number of hydrogen-bond donors (Lipinski definition) is 0. The van der Waals surface area contributed by atoms with E-state index in [4.69, 9.17) is 5.26 Å². The van der Waals surface area contributed by atoms with Crippen molar-refractivity contribution >= 4 is 5.82 Å². The van der Waals surface area contributed by atoms with Gasteiger partial charge in [0.05, 0.1) is 5.56 Å². The van der Waals surface area contributed by atoms with Gasteiger partial charge in [0.2, 0.25) is 0 Å². The maximum Gasteiger partial charge on any atom is 0.128 e. The molecule has 1 aromatic heterocycles. The predicted molar refractivity (Wildman–Crippen MR) is 75.5 cm³/mol. The van der Waals surface area contributed by atoms with Crippen molar-refractivity contribution in [2.24, 2.45) is 11.8 Å². The maximum atomic E-state index is 8.71. The van der Waals surface area contributed by atoms with Crippen LogP contribution in [0.4, 0.5) is 5.82 Å². The normalized spacial score (nSPS) is 22.7. The Morgan fingerprint density at radius 3 is 2.50 bits per heavy atom. The highest BCUT2D eigenvalue weighted by molar-refractivity contribution is 5.42. The highest BCUT2D eigenvalue weighted by Crippen LogP contribution is 2.25. The average molecular weight is 245 g/mol. The Balaban J connectivity index is 0.000000771. The highest BCUT2D eigenvalue weighted by Gasteiger charge is 2.23. The Bertz CT molecular complexity index is 391. The van der Waals surface area contributed by atoms with Crippen molar-refractivity contribution in [2.45, 2.75) is 34.1 Å². The Morgan fingerprint density at radius 2 is 2.00 bits per heavy atom. The van der Waals surface area contributed by atoms with Crippen molar-refractivity contribution < 1.29 is 0 Å². The molecule has 2 rings (SSSR count). The zero-order chi connectivity index (χ0) is 13.5. The summed E-state index contributed by atoms with van der Waals surface area (Å²) in [7, 11) is 0. The van der Waals surface area contributed by atoms with Crippen LogP contribution in [0.15, 0.2) is 18.3 Å². The first-order chi connectivity index (χ1) is 8.70. The molecule has 0 radical (unpaired) electrons. The largest absolute Gasteiger partial charge is 0.356 e. The van der Waals surface area contributed by atoms with E-state index in [9.17, 15) is 0 Å². The molecular formula is C15H23N3. The van der Waals surface area contributed by atoms with E-state index in [-0.39, 0.29) is 0 Å². The summed E-state index contributed by atoms with van der Waals surface area (Å²) in [5.41, 5.74) is 0.627. The third-order valence-electron chi connectivity index (χ3n) is 3.54. The van der Waals surface area contributed by atoms with Crippen LogP contribution in [-0.4, -0.2) is 18.1 Å². The van der Waals surface area contributed by atoms with Crippen LogP contribution < -0.4 is 4.90 Å². The number of nitriles is 1. The van der Waals surface area contributed by atoms with E-state index in [2.05, 4.69) is 29.8 Å². The van der Waals surface area contributed by atoms with Gasteiger partial charge in [-0.25, -0.2) is 4.98 Å². The van der Waals surface area contributed by atoms with Crippen LogP contribution in [0.2, 0.25) is 0 Å². The fourth-order valence-corrected chi connectivity index (χ4v) is 2.11. The monoisotopic (exact) mass is 245 g/mol. The summed E-state index contributed by atoms with van der Waals surface area (Å²) < 4.78 is 0. The molecule has 0 saturated carbocycles. The quantitative estimate of drug-likeness (QED) is 0.760. The summed E-state index contributed by atoms with van der Waals surface area (Å²) >= 11 is 0. The van der Waals surface area contributed by atoms with Crippen molar-refractivity contribution in [3.63, 3.8) is 0 Å². The molecule has 98 valence electrons. The zero-order valence-corrected chi connectivity index (χ0v) is 11.8. The van der Waals surface area contributed by atoms with E-state index in [0.717, 1.165) is 24.8 Å². The minimum Gasteiger partial charge on any atom is -0.356 e. The second kappa shape index (κ2) is 7.00. The molecule has 2 atom stereocenters. The van der Waals surface area contributed by atoms with E-state index in [1.165, 1.54) is 6.42 Å².